The summed E-state index contributed by atoms with van der Waals surface area (Å²) >= 11 is 0. The van der Waals surface area contributed by atoms with Crippen molar-refractivity contribution in [2.45, 2.75) is 39.0 Å². The molecule has 2 aromatic heterocycles. The molecular weight excluding hydrogens is 354 g/mol. The standard InChI is InChI=1S/C19H20F2N4O2/c1-11-13-8-12(27-10-14-15(20)5-6-16(22)18(14)21)9-23-19(13)25(24-11)17-4-2-3-7-26-17/h5-6,8-9,17H,2-4,7,10,22H2,1H3. The van der Waals surface area contributed by atoms with E-state index >= 15 is 0 Å². The summed E-state index contributed by atoms with van der Waals surface area (Å²) in [5.74, 6) is -1.10. The van der Waals surface area contributed by atoms with E-state index in [2.05, 4.69) is 10.1 Å². The quantitative estimate of drug-likeness (QED) is 0.702. The molecule has 1 aliphatic heterocycles. The lowest BCUT2D eigenvalue weighted by molar-refractivity contribution is -0.0371. The van der Waals surface area contributed by atoms with Crippen molar-refractivity contribution in [2.75, 3.05) is 12.3 Å². The summed E-state index contributed by atoms with van der Waals surface area (Å²) < 4.78 is 41.0. The predicted octanol–water partition coefficient (Wildman–Crippen LogP) is 3.88. The van der Waals surface area contributed by atoms with E-state index in [0.717, 1.165) is 36.4 Å². The Hall–Kier alpha value is -2.74. The van der Waals surface area contributed by atoms with Gasteiger partial charge in [-0.2, -0.15) is 5.10 Å². The molecule has 1 fully saturated rings. The Labute approximate surface area is 154 Å². The molecule has 0 radical (unpaired) electrons. The Morgan fingerprint density at radius 1 is 1.33 bits per heavy atom. The summed E-state index contributed by atoms with van der Waals surface area (Å²) in [6, 6.07) is 4.08. The summed E-state index contributed by atoms with van der Waals surface area (Å²) in [5.41, 5.74) is 6.66. The topological polar surface area (TPSA) is 75.2 Å². The van der Waals surface area contributed by atoms with Crippen LogP contribution in [-0.2, 0) is 11.3 Å². The van der Waals surface area contributed by atoms with Crippen molar-refractivity contribution in [3.05, 3.63) is 47.3 Å². The van der Waals surface area contributed by atoms with E-state index < -0.39 is 11.6 Å². The second kappa shape index (κ2) is 7.11. The Balaban J connectivity index is 1.59. The molecule has 0 bridgehead atoms. The minimum atomic E-state index is -0.803. The average molecular weight is 374 g/mol. The number of hydrogen-bond donors (Lipinski definition) is 1. The number of aryl methyl sites for hydroxylation is 1. The average Bonchev–Trinajstić information content (AvgIpc) is 3.02. The molecular formula is C19H20F2N4O2. The molecule has 6 nitrogen and oxygen atoms in total. The Morgan fingerprint density at radius 3 is 2.96 bits per heavy atom. The fourth-order valence-electron chi connectivity index (χ4n) is 3.25. The van der Waals surface area contributed by atoms with Gasteiger partial charge >= 0.3 is 0 Å². The van der Waals surface area contributed by atoms with Crippen molar-refractivity contribution >= 4 is 16.7 Å². The third-order valence-electron chi connectivity index (χ3n) is 4.73. The van der Waals surface area contributed by atoms with Gasteiger partial charge in [0.05, 0.1) is 23.1 Å². The molecule has 8 heteroatoms. The molecule has 1 aliphatic rings. The van der Waals surface area contributed by atoms with E-state index in [9.17, 15) is 8.78 Å². The number of ether oxygens (including phenoxy) is 2. The van der Waals surface area contributed by atoms with Gasteiger partial charge in [-0.3, -0.25) is 0 Å². The first-order valence-electron chi connectivity index (χ1n) is 8.86. The Morgan fingerprint density at radius 2 is 2.19 bits per heavy atom. The van der Waals surface area contributed by atoms with Gasteiger partial charge in [0, 0.05) is 12.0 Å². The number of rotatable bonds is 4. The minimum absolute atomic E-state index is 0.117. The number of benzene rings is 1. The number of anilines is 1. The van der Waals surface area contributed by atoms with Crippen LogP contribution in [0.25, 0.3) is 11.0 Å². The molecule has 3 aromatic rings. The first kappa shape index (κ1) is 17.7. The molecule has 3 heterocycles. The third-order valence-corrected chi connectivity index (χ3v) is 4.73. The molecule has 0 saturated carbocycles. The maximum Gasteiger partial charge on any atom is 0.160 e. The number of nitrogens with two attached hydrogens (primary N) is 1. The van der Waals surface area contributed by atoms with Crippen LogP contribution in [0.4, 0.5) is 14.5 Å². The van der Waals surface area contributed by atoms with Gasteiger partial charge in [-0.25, -0.2) is 18.4 Å². The molecule has 1 unspecified atom stereocenters. The number of hydrogen-bond acceptors (Lipinski definition) is 5. The molecule has 27 heavy (non-hydrogen) atoms. The smallest absolute Gasteiger partial charge is 0.160 e. The fourth-order valence-corrected chi connectivity index (χ4v) is 3.25. The third kappa shape index (κ3) is 3.32. The van der Waals surface area contributed by atoms with Crippen LogP contribution in [0, 0.1) is 18.6 Å². The van der Waals surface area contributed by atoms with Gasteiger partial charge in [-0.15, -0.1) is 0 Å². The van der Waals surface area contributed by atoms with Crippen molar-refractivity contribution < 1.29 is 18.3 Å². The SMILES string of the molecule is Cc1nn(C2CCCCO2)c2ncc(OCc3c(F)ccc(N)c3F)cc12. The highest BCUT2D eigenvalue weighted by molar-refractivity contribution is 5.79. The van der Waals surface area contributed by atoms with Crippen LogP contribution in [0.1, 0.15) is 36.7 Å². The summed E-state index contributed by atoms with van der Waals surface area (Å²) in [6.07, 6.45) is 4.43. The zero-order chi connectivity index (χ0) is 19.0. The second-order valence-electron chi connectivity index (χ2n) is 6.61. The molecule has 0 aliphatic carbocycles. The van der Waals surface area contributed by atoms with Gasteiger partial charge < -0.3 is 15.2 Å². The van der Waals surface area contributed by atoms with Gasteiger partial charge in [0.1, 0.15) is 18.2 Å². The highest BCUT2D eigenvalue weighted by Crippen LogP contribution is 2.29. The van der Waals surface area contributed by atoms with Crippen molar-refractivity contribution in [3.8, 4) is 5.75 Å². The maximum absolute atomic E-state index is 14.0. The van der Waals surface area contributed by atoms with E-state index in [0.29, 0.717) is 18.0 Å². The lowest BCUT2D eigenvalue weighted by Crippen LogP contribution is -2.19. The number of fused-ring (bicyclic) bond motifs is 1. The van der Waals surface area contributed by atoms with E-state index in [-0.39, 0.29) is 24.1 Å². The Kier molecular flexibility index (Phi) is 4.65. The van der Waals surface area contributed by atoms with Gasteiger partial charge in [0.25, 0.3) is 0 Å². The summed E-state index contributed by atoms with van der Waals surface area (Å²) in [4.78, 5) is 4.44. The van der Waals surface area contributed by atoms with E-state index in [1.165, 1.54) is 12.3 Å². The summed E-state index contributed by atoms with van der Waals surface area (Å²) in [6.45, 7) is 2.31. The monoisotopic (exact) mass is 374 g/mol. The van der Waals surface area contributed by atoms with Crippen LogP contribution < -0.4 is 10.5 Å². The van der Waals surface area contributed by atoms with Crippen molar-refractivity contribution in [2.24, 2.45) is 0 Å². The normalized spacial score (nSPS) is 17.4. The van der Waals surface area contributed by atoms with Crippen LogP contribution in [0.2, 0.25) is 0 Å². The minimum Gasteiger partial charge on any atom is -0.487 e. The van der Waals surface area contributed by atoms with Gasteiger partial charge in [-0.05, 0) is 44.4 Å². The number of nitrogens with zero attached hydrogens (tertiary/aromatic N) is 3. The zero-order valence-corrected chi connectivity index (χ0v) is 14.9. The van der Waals surface area contributed by atoms with Crippen molar-refractivity contribution in [1.82, 2.24) is 14.8 Å². The van der Waals surface area contributed by atoms with Gasteiger partial charge in [0.2, 0.25) is 0 Å². The van der Waals surface area contributed by atoms with Crippen LogP contribution in [0.5, 0.6) is 5.75 Å². The number of aromatic nitrogens is 3. The number of pyridine rings is 1. The number of halogens is 2. The molecule has 0 amide bonds. The zero-order valence-electron chi connectivity index (χ0n) is 14.9. The van der Waals surface area contributed by atoms with Crippen LogP contribution >= 0.6 is 0 Å². The lowest BCUT2D eigenvalue weighted by atomic mass is 10.2. The van der Waals surface area contributed by atoms with Crippen LogP contribution in [-0.4, -0.2) is 21.4 Å². The molecule has 1 aromatic carbocycles. The van der Waals surface area contributed by atoms with Crippen LogP contribution in [0.3, 0.4) is 0 Å². The molecule has 1 atom stereocenters. The van der Waals surface area contributed by atoms with Crippen molar-refractivity contribution in [3.63, 3.8) is 0 Å². The van der Waals surface area contributed by atoms with E-state index in [1.54, 1.807) is 10.7 Å². The fraction of sp³-hybridized carbons (Fsp3) is 0.368. The molecule has 4 rings (SSSR count). The molecule has 0 spiro atoms. The predicted molar refractivity (Wildman–Crippen MR) is 96.2 cm³/mol. The summed E-state index contributed by atoms with van der Waals surface area (Å²) in [5, 5.41) is 5.36. The van der Waals surface area contributed by atoms with Crippen LogP contribution in [0.15, 0.2) is 24.4 Å². The highest BCUT2D eigenvalue weighted by Gasteiger charge is 2.21. The van der Waals surface area contributed by atoms with Gasteiger partial charge in [0.15, 0.2) is 17.7 Å². The van der Waals surface area contributed by atoms with Gasteiger partial charge in [-0.1, -0.05) is 0 Å². The first-order chi connectivity index (χ1) is 13.0. The maximum atomic E-state index is 14.0. The molecule has 142 valence electrons. The van der Waals surface area contributed by atoms with E-state index in [1.807, 2.05) is 6.92 Å². The second-order valence-corrected chi connectivity index (χ2v) is 6.61. The van der Waals surface area contributed by atoms with Crippen molar-refractivity contribution in [1.29, 1.82) is 0 Å². The lowest BCUT2D eigenvalue weighted by Gasteiger charge is -2.23. The Bertz CT molecular complexity index is 983. The first-order valence-corrected chi connectivity index (χ1v) is 8.86. The van der Waals surface area contributed by atoms with E-state index in [4.69, 9.17) is 15.2 Å². The summed E-state index contributed by atoms with van der Waals surface area (Å²) in [7, 11) is 0. The largest absolute Gasteiger partial charge is 0.487 e. The highest BCUT2D eigenvalue weighted by atomic mass is 19.1. The molecule has 2 N–H and O–H groups in total. The molecule has 1 saturated heterocycles. The number of nitrogen functional groups attached to an aromatic ring is 1.